The summed E-state index contributed by atoms with van der Waals surface area (Å²) in [6, 6.07) is 18.8. The summed E-state index contributed by atoms with van der Waals surface area (Å²) in [5, 5.41) is 5.08. The quantitative estimate of drug-likeness (QED) is 0.473. The Labute approximate surface area is 186 Å². The van der Waals surface area contributed by atoms with Crippen molar-refractivity contribution in [1.82, 2.24) is 0 Å². The maximum atomic E-state index is 12.5. The van der Waals surface area contributed by atoms with Crippen LogP contribution in [-0.2, 0) is 20.2 Å². The van der Waals surface area contributed by atoms with Crippen molar-refractivity contribution >= 4 is 37.6 Å². The molecule has 3 aromatic carbocycles. The van der Waals surface area contributed by atoms with E-state index in [1.807, 2.05) is 0 Å². The molecule has 0 aliphatic heterocycles. The van der Waals surface area contributed by atoms with Gasteiger partial charge in [-0.1, -0.05) is 30.3 Å². The first-order chi connectivity index (χ1) is 15.2. The molecule has 3 rings (SSSR count). The van der Waals surface area contributed by atoms with Crippen molar-refractivity contribution in [3.8, 4) is 11.5 Å². The second kappa shape index (κ2) is 9.71. The third-order valence-electron chi connectivity index (χ3n) is 4.06. The Hall–Kier alpha value is -3.57. The van der Waals surface area contributed by atoms with Crippen molar-refractivity contribution in [2.75, 3.05) is 16.4 Å². The number of amides is 2. The van der Waals surface area contributed by atoms with E-state index in [1.165, 1.54) is 55.5 Å². The second-order valence-electron chi connectivity index (χ2n) is 6.38. The van der Waals surface area contributed by atoms with Gasteiger partial charge in [0.15, 0.2) is 5.75 Å². The zero-order valence-corrected chi connectivity index (χ0v) is 18.5. The standard InChI is InChI=1S/C21H20N2O7S2/c1-2-31(25,26)29-17-14-12-16(13-15-17)22-21(24)23-19-10-6-7-11-20(19)30-32(27,28)18-8-4-3-5-9-18/h3-15H,2H2,1H3,(H2,22,23,24). The molecule has 0 spiro atoms. The number of carbonyl (C=O) groups is 1. The molecule has 0 fully saturated rings. The van der Waals surface area contributed by atoms with E-state index in [0.29, 0.717) is 5.69 Å². The SMILES string of the molecule is CCS(=O)(=O)Oc1ccc(NC(=O)Nc2ccccc2OS(=O)(=O)c2ccccc2)cc1. The van der Waals surface area contributed by atoms with Crippen LogP contribution in [0.3, 0.4) is 0 Å². The highest BCUT2D eigenvalue weighted by Crippen LogP contribution is 2.27. The summed E-state index contributed by atoms with van der Waals surface area (Å²) in [7, 11) is -7.74. The van der Waals surface area contributed by atoms with Crippen molar-refractivity contribution in [3.63, 3.8) is 0 Å². The number of carbonyl (C=O) groups excluding carboxylic acids is 1. The number of para-hydroxylation sites is 2. The second-order valence-corrected chi connectivity index (χ2v) is 9.79. The molecule has 0 aromatic heterocycles. The van der Waals surface area contributed by atoms with E-state index in [2.05, 4.69) is 10.6 Å². The topological polar surface area (TPSA) is 128 Å². The number of nitrogens with one attached hydrogen (secondary N) is 2. The lowest BCUT2D eigenvalue weighted by atomic mass is 10.3. The molecule has 32 heavy (non-hydrogen) atoms. The Morgan fingerprint density at radius 2 is 1.41 bits per heavy atom. The Morgan fingerprint density at radius 1 is 0.781 bits per heavy atom. The normalized spacial score (nSPS) is 11.4. The fourth-order valence-electron chi connectivity index (χ4n) is 2.48. The molecule has 0 aliphatic rings. The smallest absolute Gasteiger partial charge is 0.339 e. The molecule has 3 aromatic rings. The zero-order valence-electron chi connectivity index (χ0n) is 16.9. The van der Waals surface area contributed by atoms with Gasteiger partial charge in [-0.3, -0.25) is 0 Å². The fourth-order valence-corrected chi connectivity index (χ4v) is 3.97. The number of urea groups is 1. The van der Waals surface area contributed by atoms with E-state index in [9.17, 15) is 21.6 Å². The van der Waals surface area contributed by atoms with Crippen LogP contribution in [0, 0.1) is 0 Å². The number of anilines is 2. The summed E-state index contributed by atoms with van der Waals surface area (Å²) in [6.45, 7) is 1.46. The van der Waals surface area contributed by atoms with Crippen LogP contribution >= 0.6 is 0 Å². The van der Waals surface area contributed by atoms with Gasteiger partial charge in [-0.2, -0.15) is 16.8 Å². The lowest BCUT2D eigenvalue weighted by Crippen LogP contribution is -2.20. The minimum atomic E-state index is -4.09. The highest BCUT2D eigenvalue weighted by molar-refractivity contribution is 7.87. The number of hydrogen-bond acceptors (Lipinski definition) is 7. The van der Waals surface area contributed by atoms with E-state index in [1.54, 1.807) is 30.3 Å². The summed E-state index contributed by atoms with van der Waals surface area (Å²) in [5.41, 5.74) is 0.498. The lowest BCUT2D eigenvalue weighted by Gasteiger charge is -2.13. The minimum Gasteiger partial charge on any atom is -0.382 e. The maximum Gasteiger partial charge on any atom is 0.339 e. The van der Waals surface area contributed by atoms with E-state index in [-0.39, 0.29) is 27.8 Å². The van der Waals surface area contributed by atoms with Crippen LogP contribution in [0.2, 0.25) is 0 Å². The largest absolute Gasteiger partial charge is 0.382 e. The summed E-state index contributed by atoms with van der Waals surface area (Å²) in [4.78, 5) is 12.4. The third kappa shape index (κ3) is 6.22. The molecule has 2 amide bonds. The Balaban J connectivity index is 1.69. The van der Waals surface area contributed by atoms with Crippen molar-refractivity contribution < 1.29 is 30.0 Å². The molecular weight excluding hydrogens is 456 g/mol. The van der Waals surface area contributed by atoms with Gasteiger partial charge in [0.25, 0.3) is 0 Å². The molecule has 11 heteroatoms. The third-order valence-corrected chi connectivity index (χ3v) is 6.46. The highest BCUT2D eigenvalue weighted by Gasteiger charge is 2.19. The number of hydrogen-bond donors (Lipinski definition) is 2. The molecule has 0 radical (unpaired) electrons. The molecule has 0 bridgehead atoms. The molecular formula is C21H20N2O7S2. The van der Waals surface area contributed by atoms with E-state index < -0.39 is 26.3 Å². The van der Waals surface area contributed by atoms with Crippen LogP contribution < -0.4 is 19.0 Å². The lowest BCUT2D eigenvalue weighted by molar-refractivity contribution is 0.262. The van der Waals surface area contributed by atoms with Gasteiger partial charge in [0.1, 0.15) is 10.6 Å². The van der Waals surface area contributed by atoms with Gasteiger partial charge in [-0.25, -0.2) is 4.79 Å². The number of rotatable bonds is 8. The number of benzene rings is 3. The van der Waals surface area contributed by atoms with Gasteiger partial charge >= 0.3 is 26.3 Å². The van der Waals surface area contributed by atoms with Crippen molar-refractivity contribution in [2.24, 2.45) is 0 Å². The van der Waals surface area contributed by atoms with Crippen LogP contribution in [0.1, 0.15) is 6.92 Å². The first kappa shape index (κ1) is 23.1. The first-order valence-electron chi connectivity index (χ1n) is 9.37. The van der Waals surface area contributed by atoms with Gasteiger partial charge < -0.3 is 19.0 Å². The maximum absolute atomic E-state index is 12.5. The van der Waals surface area contributed by atoms with Gasteiger partial charge in [0, 0.05) is 5.69 Å². The minimum absolute atomic E-state index is 0.0216. The van der Waals surface area contributed by atoms with Crippen molar-refractivity contribution in [3.05, 3.63) is 78.9 Å². The van der Waals surface area contributed by atoms with Crippen molar-refractivity contribution in [1.29, 1.82) is 0 Å². The summed E-state index contributed by atoms with van der Waals surface area (Å²) < 4.78 is 58.0. The predicted molar refractivity (Wildman–Crippen MR) is 120 cm³/mol. The zero-order chi connectivity index (χ0) is 23.2. The van der Waals surface area contributed by atoms with Gasteiger partial charge in [0.05, 0.1) is 11.4 Å². The molecule has 0 saturated carbocycles. The van der Waals surface area contributed by atoms with Crippen LogP contribution in [-0.4, -0.2) is 28.6 Å². The molecule has 2 N–H and O–H groups in total. The summed E-state index contributed by atoms with van der Waals surface area (Å²) >= 11 is 0. The molecule has 0 saturated heterocycles. The van der Waals surface area contributed by atoms with Crippen LogP contribution in [0.25, 0.3) is 0 Å². The molecule has 0 aliphatic carbocycles. The molecule has 0 unspecified atom stereocenters. The Bertz CT molecular complexity index is 1290. The summed E-state index contributed by atoms with van der Waals surface area (Å²) in [6.07, 6.45) is 0. The van der Waals surface area contributed by atoms with Crippen LogP contribution in [0.4, 0.5) is 16.2 Å². The van der Waals surface area contributed by atoms with Gasteiger partial charge in [0.2, 0.25) is 0 Å². The van der Waals surface area contributed by atoms with Crippen LogP contribution in [0.5, 0.6) is 11.5 Å². The average Bonchev–Trinajstić information content (AvgIpc) is 2.77. The fraction of sp³-hybridized carbons (Fsp3) is 0.0952. The molecule has 9 nitrogen and oxygen atoms in total. The molecule has 0 heterocycles. The Kier molecular flexibility index (Phi) is 7.01. The van der Waals surface area contributed by atoms with E-state index >= 15 is 0 Å². The van der Waals surface area contributed by atoms with Crippen LogP contribution in [0.15, 0.2) is 83.8 Å². The Morgan fingerprint density at radius 3 is 2.06 bits per heavy atom. The van der Waals surface area contributed by atoms with Gasteiger partial charge in [-0.05, 0) is 55.5 Å². The highest BCUT2D eigenvalue weighted by atomic mass is 32.2. The predicted octanol–water partition coefficient (Wildman–Crippen LogP) is 3.83. The van der Waals surface area contributed by atoms with E-state index in [4.69, 9.17) is 8.37 Å². The molecule has 0 atom stereocenters. The van der Waals surface area contributed by atoms with E-state index in [0.717, 1.165) is 0 Å². The average molecular weight is 477 g/mol. The first-order valence-corrected chi connectivity index (χ1v) is 12.4. The van der Waals surface area contributed by atoms with Gasteiger partial charge in [-0.15, -0.1) is 0 Å². The summed E-state index contributed by atoms with van der Waals surface area (Å²) in [5.74, 6) is -0.112. The van der Waals surface area contributed by atoms with Crippen molar-refractivity contribution in [2.45, 2.75) is 11.8 Å². The molecule has 168 valence electrons. The monoisotopic (exact) mass is 476 g/mol.